The van der Waals surface area contributed by atoms with Crippen molar-refractivity contribution in [3.8, 4) is 5.75 Å². The van der Waals surface area contributed by atoms with Crippen LogP contribution in [0.1, 0.15) is 37.7 Å². The van der Waals surface area contributed by atoms with E-state index in [0.717, 1.165) is 35.5 Å². The Morgan fingerprint density at radius 1 is 1.11 bits per heavy atom. The zero-order valence-electron chi connectivity index (χ0n) is 16.1. The number of carbonyl (C=O) groups is 2. The van der Waals surface area contributed by atoms with Crippen LogP contribution in [0.5, 0.6) is 5.75 Å². The van der Waals surface area contributed by atoms with Gasteiger partial charge in [-0.25, -0.2) is 0 Å². The molecular weight excluding hydrogens is 356 g/mol. The van der Waals surface area contributed by atoms with Crippen LogP contribution in [0.25, 0.3) is 0 Å². The van der Waals surface area contributed by atoms with Gasteiger partial charge >= 0.3 is 5.97 Å². The van der Waals surface area contributed by atoms with Crippen LogP contribution in [0.15, 0.2) is 48.5 Å². The molecule has 1 heterocycles. The lowest BCUT2D eigenvalue weighted by Crippen LogP contribution is -2.47. The van der Waals surface area contributed by atoms with Crippen LogP contribution in [0, 0.1) is 0 Å². The van der Waals surface area contributed by atoms with Crippen LogP contribution >= 0.6 is 0 Å². The second-order valence-electron chi connectivity index (χ2n) is 6.99. The van der Waals surface area contributed by atoms with Crippen LogP contribution in [0.4, 0.5) is 11.4 Å². The molecule has 28 heavy (non-hydrogen) atoms. The molecule has 0 aliphatic carbocycles. The summed E-state index contributed by atoms with van der Waals surface area (Å²) in [6.45, 7) is 0.619. The van der Waals surface area contributed by atoms with E-state index in [4.69, 9.17) is 9.84 Å². The number of amides is 1. The molecule has 1 unspecified atom stereocenters. The fourth-order valence-electron chi connectivity index (χ4n) is 3.56. The highest BCUT2D eigenvalue weighted by Gasteiger charge is 2.32. The number of fused-ring (bicyclic) bond motifs is 1. The maximum absolute atomic E-state index is 12.8. The number of ether oxygens (including phenoxy) is 1. The van der Waals surface area contributed by atoms with Gasteiger partial charge in [0.25, 0.3) is 0 Å². The summed E-state index contributed by atoms with van der Waals surface area (Å²) in [7, 11) is 1.64. The smallest absolute Gasteiger partial charge is 0.303 e. The monoisotopic (exact) mass is 382 g/mol. The summed E-state index contributed by atoms with van der Waals surface area (Å²) in [6, 6.07) is 15.4. The minimum absolute atomic E-state index is 0.00885. The summed E-state index contributed by atoms with van der Waals surface area (Å²) in [5.41, 5.74) is 2.93. The molecule has 1 aliphatic rings. The van der Waals surface area contributed by atoms with Gasteiger partial charge < -0.3 is 20.1 Å². The quantitative estimate of drug-likeness (QED) is 0.640. The number of carboxylic acids is 1. The standard InChI is InChI=1S/C22H26N2O4/c1-28-17-13-11-16(12-14-17)15-24-19-8-6-5-7-18(19)23-22(27)20(24)9-3-2-4-10-21(25)26/h5-8,11-14,20H,2-4,9-10,15H2,1H3,(H,23,27)(H,25,26). The van der Waals surface area contributed by atoms with E-state index < -0.39 is 5.97 Å². The lowest BCUT2D eigenvalue weighted by Gasteiger charge is -2.38. The Hall–Kier alpha value is -3.02. The molecule has 6 heteroatoms. The molecule has 0 aromatic heterocycles. The van der Waals surface area contributed by atoms with Gasteiger partial charge in [0.15, 0.2) is 0 Å². The summed E-state index contributed by atoms with van der Waals surface area (Å²) in [6.07, 6.45) is 3.12. The average molecular weight is 382 g/mol. The first-order valence-corrected chi connectivity index (χ1v) is 9.60. The molecule has 2 aromatic rings. The van der Waals surface area contributed by atoms with Gasteiger partial charge in [0.1, 0.15) is 11.8 Å². The average Bonchev–Trinajstić information content (AvgIpc) is 2.69. The minimum atomic E-state index is -0.773. The van der Waals surface area contributed by atoms with Gasteiger partial charge in [-0.15, -0.1) is 0 Å². The van der Waals surface area contributed by atoms with Crippen molar-refractivity contribution < 1.29 is 19.4 Å². The lowest BCUT2D eigenvalue weighted by atomic mass is 10.00. The van der Waals surface area contributed by atoms with Crippen molar-refractivity contribution in [2.45, 2.75) is 44.7 Å². The predicted octanol–water partition coefficient (Wildman–Crippen LogP) is 4.06. The van der Waals surface area contributed by atoms with Crippen molar-refractivity contribution >= 4 is 23.3 Å². The molecule has 2 N–H and O–H groups in total. The molecule has 0 spiro atoms. The first kappa shape index (κ1) is 19.7. The highest BCUT2D eigenvalue weighted by molar-refractivity contribution is 6.03. The molecule has 1 amide bonds. The van der Waals surface area contributed by atoms with Crippen LogP contribution in [-0.2, 0) is 16.1 Å². The Balaban J connectivity index is 1.75. The number of nitrogens with zero attached hydrogens (tertiary/aromatic N) is 1. The van der Waals surface area contributed by atoms with Crippen molar-refractivity contribution in [3.05, 3.63) is 54.1 Å². The number of anilines is 2. The molecule has 0 radical (unpaired) electrons. The third-order valence-corrected chi connectivity index (χ3v) is 5.03. The highest BCUT2D eigenvalue weighted by atomic mass is 16.5. The van der Waals surface area contributed by atoms with Crippen molar-refractivity contribution in [1.29, 1.82) is 0 Å². The van der Waals surface area contributed by atoms with Gasteiger partial charge in [-0.1, -0.05) is 37.1 Å². The van der Waals surface area contributed by atoms with E-state index in [1.54, 1.807) is 7.11 Å². The number of aliphatic carboxylic acids is 1. The van der Waals surface area contributed by atoms with E-state index in [1.807, 2.05) is 48.5 Å². The molecule has 3 rings (SSSR count). The molecule has 0 bridgehead atoms. The van der Waals surface area contributed by atoms with Gasteiger partial charge in [-0.05, 0) is 42.7 Å². The Bertz CT molecular complexity index is 820. The fraction of sp³-hybridized carbons (Fsp3) is 0.364. The van der Waals surface area contributed by atoms with Crippen molar-refractivity contribution in [1.82, 2.24) is 0 Å². The van der Waals surface area contributed by atoms with Gasteiger partial charge in [0.05, 0.1) is 18.5 Å². The van der Waals surface area contributed by atoms with Crippen LogP contribution in [0.2, 0.25) is 0 Å². The SMILES string of the molecule is COc1ccc(CN2c3ccccc3NC(=O)C2CCCCCC(=O)O)cc1. The maximum atomic E-state index is 12.8. The molecule has 0 fully saturated rings. The van der Waals surface area contributed by atoms with Crippen molar-refractivity contribution in [2.75, 3.05) is 17.3 Å². The predicted molar refractivity (Wildman–Crippen MR) is 109 cm³/mol. The summed E-state index contributed by atoms with van der Waals surface area (Å²) >= 11 is 0. The topological polar surface area (TPSA) is 78.9 Å². The number of unbranched alkanes of at least 4 members (excludes halogenated alkanes) is 2. The summed E-state index contributed by atoms with van der Waals surface area (Å²) in [5.74, 6) is 0.0198. The van der Waals surface area contributed by atoms with E-state index in [9.17, 15) is 9.59 Å². The number of carbonyl (C=O) groups excluding carboxylic acids is 1. The number of carboxylic acid groups (broad SMARTS) is 1. The number of hydrogen-bond acceptors (Lipinski definition) is 4. The molecule has 6 nitrogen and oxygen atoms in total. The normalized spacial score (nSPS) is 15.7. The lowest BCUT2D eigenvalue weighted by molar-refractivity contribution is -0.137. The van der Waals surface area contributed by atoms with Crippen LogP contribution in [0.3, 0.4) is 0 Å². The van der Waals surface area contributed by atoms with Gasteiger partial charge in [0.2, 0.25) is 5.91 Å². The number of benzene rings is 2. The van der Waals surface area contributed by atoms with E-state index in [0.29, 0.717) is 19.4 Å². The first-order valence-electron chi connectivity index (χ1n) is 9.60. The second kappa shape index (κ2) is 9.26. The zero-order valence-corrected chi connectivity index (χ0v) is 16.1. The summed E-state index contributed by atoms with van der Waals surface area (Å²) in [4.78, 5) is 25.6. The molecule has 0 saturated carbocycles. The molecule has 2 aromatic carbocycles. The summed E-state index contributed by atoms with van der Waals surface area (Å²) in [5, 5.41) is 11.8. The second-order valence-corrected chi connectivity index (χ2v) is 6.99. The number of nitrogens with one attached hydrogen (secondary N) is 1. The molecule has 1 aliphatic heterocycles. The maximum Gasteiger partial charge on any atom is 0.303 e. The van der Waals surface area contributed by atoms with Gasteiger partial charge in [-0.2, -0.15) is 0 Å². The number of hydrogen-bond donors (Lipinski definition) is 2. The van der Waals surface area contributed by atoms with E-state index >= 15 is 0 Å². The Morgan fingerprint density at radius 3 is 2.57 bits per heavy atom. The van der Waals surface area contributed by atoms with E-state index in [2.05, 4.69) is 10.2 Å². The number of methoxy groups -OCH3 is 1. The third kappa shape index (κ3) is 4.82. The molecule has 1 atom stereocenters. The van der Waals surface area contributed by atoms with Crippen LogP contribution < -0.4 is 15.0 Å². The zero-order chi connectivity index (χ0) is 19.9. The minimum Gasteiger partial charge on any atom is -0.497 e. The van der Waals surface area contributed by atoms with Crippen molar-refractivity contribution in [3.63, 3.8) is 0 Å². The van der Waals surface area contributed by atoms with Gasteiger partial charge in [-0.3, -0.25) is 9.59 Å². The Labute approximate surface area is 165 Å². The van der Waals surface area contributed by atoms with Crippen molar-refractivity contribution in [2.24, 2.45) is 0 Å². The summed E-state index contributed by atoms with van der Waals surface area (Å²) < 4.78 is 5.23. The molecular formula is C22H26N2O4. The van der Waals surface area contributed by atoms with Crippen LogP contribution in [-0.4, -0.2) is 30.1 Å². The Kier molecular flexibility index (Phi) is 6.53. The number of rotatable bonds is 9. The largest absolute Gasteiger partial charge is 0.497 e. The third-order valence-electron chi connectivity index (χ3n) is 5.03. The van der Waals surface area contributed by atoms with E-state index in [1.165, 1.54) is 0 Å². The first-order chi connectivity index (χ1) is 13.6. The highest BCUT2D eigenvalue weighted by Crippen LogP contribution is 2.34. The molecule has 148 valence electrons. The van der Waals surface area contributed by atoms with Gasteiger partial charge in [0, 0.05) is 13.0 Å². The van der Waals surface area contributed by atoms with E-state index in [-0.39, 0.29) is 18.4 Å². The Morgan fingerprint density at radius 2 is 1.86 bits per heavy atom. The fourth-order valence-corrected chi connectivity index (χ4v) is 3.56. The molecule has 0 saturated heterocycles. The number of para-hydroxylation sites is 2.